The van der Waals surface area contributed by atoms with Crippen LogP contribution in [-0.4, -0.2) is 32.8 Å². The minimum Gasteiger partial charge on any atom is -0.497 e. The van der Waals surface area contributed by atoms with Crippen LogP contribution in [0.4, 0.5) is 0 Å². The largest absolute Gasteiger partial charge is 0.497 e. The smallest absolute Gasteiger partial charge is 0.251 e. The van der Waals surface area contributed by atoms with Crippen molar-refractivity contribution in [1.82, 2.24) is 5.32 Å². The summed E-state index contributed by atoms with van der Waals surface area (Å²) in [6.07, 6.45) is 0. The summed E-state index contributed by atoms with van der Waals surface area (Å²) in [6, 6.07) is 15.5. The molecule has 120 valence electrons. The lowest BCUT2D eigenvalue weighted by Crippen LogP contribution is -2.48. The maximum atomic E-state index is 12.2. The van der Waals surface area contributed by atoms with Gasteiger partial charge in [-0.3, -0.25) is 4.79 Å². The van der Waals surface area contributed by atoms with Crippen LogP contribution in [0.15, 0.2) is 48.5 Å². The van der Waals surface area contributed by atoms with Crippen LogP contribution in [0.5, 0.6) is 5.75 Å². The van der Waals surface area contributed by atoms with Crippen molar-refractivity contribution in [3.63, 3.8) is 0 Å². The van der Waals surface area contributed by atoms with Gasteiger partial charge in [0.1, 0.15) is 5.75 Å². The second-order valence-electron chi connectivity index (χ2n) is 6.30. The van der Waals surface area contributed by atoms with Gasteiger partial charge in [-0.2, -0.15) is 0 Å². The molecule has 1 aliphatic rings. The molecule has 0 radical (unpaired) electrons. The van der Waals surface area contributed by atoms with E-state index in [0.29, 0.717) is 25.3 Å². The topological polar surface area (TPSA) is 47.6 Å². The lowest BCUT2D eigenvalue weighted by molar-refractivity contribution is -0.0978. The number of carbonyl (C=O) groups is 1. The van der Waals surface area contributed by atoms with Crippen LogP contribution in [0.3, 0.4) is 0 Å². The average Bonchev–Trinajstić information content (AvgIpc) is 2.58. The second kappa shape index (κ2) is 6.42. The highest BCUT2D eigenvalue weighted by molar-refractivity contribution is 5.94. The SMILES string of the molecule is COc1cccc(-c2ccc(C(=O)NCC3(C)COC3)cc2)c1. The first-order valence-corrected chi connectivity index (χ1v) is 7.70. The van der Waals surface area contributed by atoms with Gasteiger partial charge in [0.05, 0.1) is 20.3 Å². The van der Waals surface area contributed by atoms with Crippen molar-refractivity contribution in [3.05, 3.63) is 54.1 Å². The molecule has 4 heteroatoms. The third-order valence-electron chi connectivity index (χ3n) is 4.13. The van der Waals surface area contributed by atoms with Gasteiger partial charge in [0.25, 0.3) is 5.91 Å². The molecular weight excluding hydrogens is 290 g/mol. The molecule has 1 fully saturated rings. The van der Waals surface area contributed by atoms with E-state index in [4.69, 9.17) is 9.47 Å². The van der Waals surface area contributed by atoms with Gasteiger partial charge in [-0.15, -0.1) is 0 Å². The first-order valence-electron chi connectivity index (χ1n) is 7.70. The van der Waals surface area contributed by atoms with Crippen LogP contribution in [0, 0.1) is 5.41 Å². The average molecular weight is 311 g/mol. The fraction of sp³-hybridized carbons (Fsp3) is 0.316. The summed E-state index contributed by atoms with van der Waals surface area (Å²) < 4.78 is 10.4. The zero-order valence-corrected chi connectivity index (χ0v) is 13.5. The van der Waals surface area contributed by atoms with Gasteiger partial charge in [0.15, 0.2) is 0 Å². The van der Waals surface area contributed by atoms with Crippen LogP contribution in [-0.2, 0) is 4.74 Å². The van der Waals surface area contributed by atoms with E-state index in [2.05, 4.69) is 12.2 Å². The highest BCUT2D eigenvalue weighted by Crippen LogP contribution is 2.26. The van der Waals surface area contributed by atoms with E-state index in [1.807, 2.05) is 48.5 Å². The molecule has 23 heavy (non-hydrogen) atoms. The Balaban J connectivity index is 1.67. The molecule has 0 aliphatic carbocycles. The number of benzene rings is 2. The number of methoxy groups -OCH3 is 1. The summed E-state index contributed by atoms with van der Waals surface area (Å²) in [6.45, 7) is 4.18. The summed E-state index contributed by atoms with van der Waals surface area (Å²) in [5.74, 6) is 0.774. The van der Waals surface area contributed by atoms with Crippen molar-refractivity contribution in [2.24, 2.45) is 5.41 Å². The normalized spacial score (nSPS) is 15.6. The first kappa shape index (κ1) is 15.6. The summed E-state index contributed by atoms with van der Waals surface area (Å²) in [5, 5.41) is 2.98. The molecule has 1 amide bonds. The van der Waals surface area contributed by atoms with Crippen molar-refractivity contribution >= 4 is 5.91 Å². The van der Waals surface area contributed by atoms with Crippen LogP contribution in [0.1, 0.15) is 17.3 Å². The van der Waals surface area contributed by atoms with E-state index in [0.717, 1.165) is 16.9 Å². The molecule has 1 saturated heterocycles. The number of hydrogen-bond acceptors (Lipinski definition) is 3. The Morgan fingerprint density at radius 2 is 1.91 bits per heavy atom. The number of ether oxygens (including phenoxy) is 2. The van der Waals surface area contributed by atoms with E-state index in [-0.39, 0.29) is 11.3 Å². The van der Waals surface area contributed by atoms with E-state index < -0.39 is 0 Å². The number of carbonyl (C=O) groups excluding carboxylic acids is 1. The summed E-state index contributed by atoms with van der Waals surface area (Å²) in [5.41, 5.74) is 2.87. The molecule has 4 nitrogen and oxygen atoms in total. The lowest BCUT2D eigenvalue weighted by atomic mass is 9.88. The standard InChI is InChI=1S/C19H21NO3/c1-19(12-23-13-19)11-20-18(21)15-8-6-14(7-9-15)16-4-3-5-17(10-16)22-2/h3-10H,11-13H2,1-2H3,(H,20,21). The summed E-state index contributed by atoms with van der Waals surface area (Å²) >= 11 is 0. The fourth-order valence-corrected chi connectivity index (χ4v) is 2.57. The molecule has 3 rings (SSSR count). The molecule has 1 N–H and O–H groups in total. The highest BCUT2D eigenvalue weighted by Gasteiger charge is 2.33. The van der Waals surface area contributed by atoms with Crippen LogP contribution in [0.2, 0.25) is 0 Å². The number of rotatable bonds is 5. The Kier molecular flexibility index (Phi) is 4.35. The maximum absolute atomic E-state index is 12.2. The van der Waals surface area contributed by atoms with E-state index in [1.54, 1.807) is 7.11 Å². The van der Waals surface area contributed by atoms with Crippen molar-refractivity contribution < 1.29 is 14.3 Å². The molecule has 0 bridgehead atoms. The van der Waals surface area contributed by atoms with E-state index >= 15 is 0 Å². The predicted octanol–water partition coefficient (Wildman–Crippen LogP) is 3.13. The monoisotopic (exact) mass is 311 g/mol. The van der Waals surface area contributed by atoms with Crippen molar-refractivity contribution in [2.75, 3.05) is 26.9 Å². The second-order valence-corrected chi connectivity index (χ2v) is 6.30. The third kappa shape index (κ3) is 3.54. The van der Waals surface area contributed by atoms with Crippen molar-refractivity contribution in [3.8, 4) is 16.9 Å². The van der Waals surface area contributed by atoms with E-state index in [9.17, 15) is 4.79 Å². The third-order valence-corrected chi connectivity index (χ3v) is 4.13. The molecule has 0 aromatic heterocycles. The van der Waals surface area contributed by atoms with Crippen molar-refractivity contribution in [2.45, 2.75) is 6.92 Å². The molecule has 0 spiro atoms. The highest BCUT2D eigenvalue weighted by atomic mass is 16.5. The van der Waals surface area contributed by atoms with Gasteiger partial charge in [-0.05, 0) is 35.4 Å². The van der Waals surface area contributed by atoms with Gasteiger partial charge in [-0.25, -0.2) is 0 Å². The number of amides is 1. The molecule has 2 aromatic rings. The van der Waals surface area contributed by atoms with Gasteiger partial charge >= 0.3 is 0 Å². The molecule has 1 heterocycles. The number of nitrogens with one attached hydrogen (secondary N) is 1. The van der Waals surface area contributed by atoms with Gasteiger partial charge in [-0.1, -0.05) is 31.2 Å². The maximum Gasteiger partial charge on any atom is 0.251 e. The fourth-order valence-electron chi connectivity index (χ4n) is 2.57. The van der Waals surface area contributed by atoms with Crippen LogP contribution in [0.25, 0.3) is 11.1 Å². The lowest BCUT2D eigenvalue weighted by Gasteiger charge is -2.38. The Bertz CT molecular complexity index is 690. The molecule has 0 unspecified atom stereocenters. The van der Waals surface area contributed by atoms with Crippen molar-refractivity contribution in [1.29, 1.82) is 0 Å². The zero-order valence-electron chi connectivity index (χ0n) is 13.5. The Morgan fingerprint density at radius 3 is 2.52 bits per heavy atom. The quantitative estimate of drug-likeness (QED) is 0.923. The summed E-state index contributed by atoms with van der Waals surface area (Å²) in [4.78, 5) is 12.2. The summed E-state index contributed by atoms with van der Waals surface area (Å²) in [7, 11) is 1.65. The van der Waals surface area contributed by atoms with Gasteiger partial charge in [0.2, 0.25) is 0 Å². The Hall–Kier alpha value is -2.33. The Labute approximate surface area is 136 Å². The molecule has 2 aromatic carbocycles. The number of hydrogen-bond donors (Lipinski definition) is 1. The van der Waals surface area contributed by atoms with E-state index in [1.165, 1.54) is 0 Å². The minimum atomic E-state index is -0.0460. The molecule has 0 atom stereocenters. The zero-order chi connectivity index (χ0) is 16.3. The van der Waals surface area contributed by atoms with Crippen LogP contribution >= 0.6 is 0 Å². The molecule has 1 aliphatic heterocycles. The predicted molar refractivity (Wildman–Crippen MR) is 89.7 cm³/mol. The first-order chi connectivity index (χ1) is 11.1. The van der Waals surface area contributed by atoms with Gasteiger partial charge < -0.3 is 14.8 Å². The minimum absolute atomic E-state index is 0.0460. The molecular formula is C19H21NO3. The molecule has 0 saturated carbocycles. The van der Waals surface area contributed by atoms with Crippen LogP contribution < -0.4 is 10.1 Å². The Morgan fingerprint density at radius 1 is 1.17 bits per heavy atom. The van der Waals surface area contributed by atoms with Gasteiger partial charge in [0, 0.05) is 17.5 Å².